The maximum atomic E-state index is 13.5. The molecule has 2 N–H and O–H groups in total. The lowest BCUT2D eigenvalue weighted by Crippen LogP contribution is -2.58. The van der Waals surface area contributed by atoms with Crippen LogP contribution in [0.1, 0.15) is 207 Å². The number of rotatable bonds is 47. The van der Waals surface area contributed by atoms with E-state index in [1.165, 1.54) is 42.7 Å². The molecule has 0 saturated heterocycles. The van der Waals surface area contributed by atoms with E-state index in [9.17, 15) is 168 Å². The predicted octanol–water partition coefficient (Wildman–Crippen LogP) is 16.6. The van der Waals surface area contributed by atoms with Crippen LogP contribution in [0.25, 0.3) is 0 Å². The lowest BCUT2D eigenvalue weighted by molar-refractivity contribution is -0.357. The summed E-state index contributed by atoms with van der Waals surface area (Å²) in [5.74, 6) is -34.6. The van der Waals surface area contributed by atoms with E-state index in [0.717, 1.165) is 19.8 Å². The molecule has 1 aliphatic rings. The lowest BCUT2D eigenvalue weighted by Gasteiger charge is -2.33. The highest BCUT2D eigenvalue weighted by Crippen LogP contribution is 2.41. The zero-order chi connectivity index (χ0) is 117. The first kappa shape index (κ1) is 157. The fourth-order valence-corrected chi connectivity index (χ4v) is 8.03. The minimum atomic E-state index is -5.49. The number of esters is 10. The summed E-state index contributed by atoms with van der Waals surface area (Å²) in [7, 11) is 9.25. The standard InChI is InChI=1S/C15H21F5O5.C10H13F5O5.C10H16F2O5.C8H11F5O4.C8H14F2O4.C7H12F2O3.C6H10F2O3.C6H12O3.C5H10O3.2C4H8O3/c1-13(16,17)8-9-24-14(12(22)23-2,15(18,19)20)25-11(21)10-6-4-3-5-7-10;1-6(16)20-9(7(17)18-3,10(13,14)15)19-5-4-8(2,11)12;1-7(13)17-8(4-5-9(14)15-3)6-16-10(2,11)12;1-6(9,10)3-4-17-7(15,5(14)16-2)8(11,12)13;1-8(9,10)14-5-6(11)3-4-7(12)13-2;1-7(8,9)12-5-3-4-6(10)11-2;1-6(7,8)11-4-3-5(9)10-2;1-3-5-9-6(7)8-4-2;1-3-7-5(6)8-4-2;2*1-3-7-4(5)6-2/h10H,3-9H2,1-2H3;4-5H2,1-3H3;8H,4-6H2,1-3H3;15H,3-4H2,1-2H3;6,11H,3-5H2,1-2H3;3-5H2,1-2H3;3-4H2,1-2H3;3-5H2,1-2H3;3-4H2,1-2H3;2*3H2,1-2H3. The maximum absolute atomic E-state index is 13.5. The molecule has 5 atom stereocenters. The Hall–Kier alpha value is -10.2. The zero-order valence-electron chi connectivity index (χ0n) is 85.2. The molecule has 0 aliphatic heterocycles. The first-order chi connectivity index (χ1) is 67.0. The Morgan fingerprint density at radius 3 is 0.939 bits per heavy atom. The summed E-state index contributed by atoms with van der Waals surface area (Å²) in [5.41, 5.74) is 0. The van der Waals surface area contributed by atoms with Crippen molar-refractivity contribution in [2.75, 3.05) is 150 Å². The highest BCUT2D eigenvalue weighted by atomic mass is 19.4. The second-order valence-corrected chi connectivity index (χ2v) is 28.3. The summed E-state index contributed by atoms with van der Waals surface area (Å²) >= 11 is 0. The Morgan fingerprint density at radius 2 is 0.639 bits per heavy atom. The van der Waals surface area contributed by atoms with Crippen LogP contribution in [0, 0.1) is 5.92 Å². The third kappa shape index (κ3) is 96.4. The number of alkyl halides is 23. The van der Waals surface area contributed by atoms with Gasteiger partial charge in [-0.2, -0.15) is 74.6 Å². The van der Waals surface area contributed by atoms with Crippen LogP contribution < -0.4 is 0 Å². The van der Waals surface area contributed by atoms with Gasteiger partial charge in [-0.05, 0) is 93.9 Å². The number of carbonyl (C=O) groups excluding carboxylic acids is 14. The van der Waals surface area contributed by atoms with Gasteiger partial charge in [-0.1, -0.05) is 26.2 Å². The van der Waals surface area contributed by atoms with E-state index in [1.54, 1.807) is 34.6 Å². The van der Waals surface area contributed by atoms with Crippen molar-refractivity contribution in [3.63, 3.8) is 0 Å². The molecule has 0 aromatic heterocycles. The molecule has 64 heteroatoms. The maximum Gasteiger partial charge on any atom is 0.508 e. The monoisotopic (exact) mass is 2220 g/mol. The first-order valence-electron chi connectivity index (χ1n) is 42.8. The van der Waals surface area contributed by atoms with Crippen molar-refractivity contribution in [3.8, 4) is 0 Å². The average Bonchev–Trinajstić information content (AvgIpc) is 0.775. The normalized spacial score (nSPS) is 13.6. The summed E-state index contributed by atoms with van der Waals surface area (Å²) in [4.78, 5) is 150. The largest absolute Gasteiger partial charge is 0.508 e. The number of methoxy groups -OCH3 is 9. The van der Waals surface area contributed by atoms with E-state index in [-0.39, 0.29) is 58.2 Å². The van der Waals surface area contributed by atoms with Crippen LogP contribution in [0.3, 0.4) is 0 Å². The highest BCUT2D eigenvalue weighted by Gasteiger charge is 2.69. The Morgan fingerprint density at radius 1 is 0.320 bits per heavy atom. The van der Waals surface area contributed by atoms with E-state index in [1.807, 2.05) is 6.92 Å². The molecule has 1 rings (SSSR count). The second kappa shape index (κ2) is 82.6. The van der Waals surface area contributed by atoms with E-state index in [4.69, 9.17) is 14.9 Å². The number of hydrogen-bond acceptors (Lipinski definition) is 41. The molecule has 0 amide bonds. The number of aliphatic hydroxyl groups is 2. The van der Waals surface area contributed by atoms with Crippen molar-refractivity contribution < 1.29 is 297 Å². The predicted molar refractivity (Wildman–Crippen MR) is 451 cm³/mol. The Balaban J connectivity index is -0.000000179. The van der Waals surface area contributed by atoms with Crippen LogP contribution in [0.5, 0.6) is 0 Å². The first-order valence-corrected chi connectivity index (χ1v) is 42.8. The molecule has 1 fully saturated rings. The van der Waals surface area contributed by atoms with Crippen molar-refractivity contribution in [2.45, 2.75) is 297 Å². The molecule has 0 aromatic rings. The van der Waals surface area contributed by atoms with Crippen LogP contribution in [0.4, 0.5) is 120 Å². The van der Waals surface area contributed by atoms with Gasteiger partial charge in [0.15, 0.2) is 0 Å². The summed E-state index contributed by atoms with van der Waals surface area (Å²) in [6.07, 6.45) is -33.1. The minimum Gasteiger partial charge on any atom is -0.469 e. The van der Waals surface area contributed by atoms with Gasteiger partial charge in [0.1, 0.15) is 6.10 Å². The van der Waals surface area contributed by atoms with Crippen molar-refractivity contribution >= 4 is 84.3 Å². The van der Waals surface area contributed by atoms with Crippen LogP contribution in [-0.2, 0) is 166 Å². The van der Waals surface area contributed by atoms with Gasteiger partial charge in [0.25, 0.3) is 0 Å². The number of hydrogen-bond donors (Lipinski definition) is 2. The molecule has 0 aromatic carbocycles. The molecule has 0 heterocycles. The minimum absolute atomic E-state index is 0.0175. The third-order valence-corrected chi connectivity index (χ3v) is 14.8. The quantitative estimate of drug-likeness (QED) is 0.0188. The van der Waals surface area contributed by atoms with Crippen molar-refractivity contribution in [3.05, 3.63) is 0 Å². The molecular formula is C83H135F23O41. The smallest absolute Gasteiger partial charge is 0.469 e. The molecule has 0 radical (unpaired) electrons. The third-order valence-electron chi connectivity index (χ3n) is 14.8. The van der Waals surface area contributed by atoms with Crippen molar-refractivity contribution in [1.82, 2.24) is 0 Å². The number of carbonyl (C=O) groups is 14. The summed E-state index contributed by atoms with van der Waals surface area (Å²) in [5, 5.41) is 18.0. The number of ether oxygens (including phenoxy) is 25. The van der Waals surface area contributed by atoms with Crippen molar-refractivity contribution in [1.29, 1.82) is 0 Å². The van der Waals surface area contributed by atoms with Gasteiger partial charge >= 0.3 is 145 Å². The lowest BCUT2D eigenvalue weighted by atomic mass is 9.89. The molecule has 0 bridgehead atoms. The summed E-state index contributed by atoms with van der Waals surface area (Å²) in [6, 6.07) is 0. The topological polar surface area (TPSA) is 510 Å². The number of aliphatic hydroxyl groups excluding tert-OH is 1. The summed E-state index contributed by atoms with van der Waals surface area (Å²) < 4.78 is 394. The van der Waals surface area contributed by atoms with Gasteiger partial charge < -0.3 is 129 Å². The SMILES string of the molecule is CCCOC(=O)OCC.CCOC(=O)OC.CCOC(=O)OC.CCOC(=O)OCC.COC(=O)C(O)(OCCC(C)(F)F)C(F)(F)F.COC(=O)C(OCCC(C)(F)F)(OC(=O)C1CCCCC1)C(F)(F)F.COC(=O)C(OCCC(C)(F)F)(OC(C)=O)C(F)(F)F.COC(=O)CCC(COC(C)(F)F)OC(C)=O.COC(=O)CCC(O)COC(C)(F)F.COC(=O)CCCOC(C)(F)F.COC(=O)CCOC(C)(F)F. The Labute approximate surface area is 831 Å². The van der Waals surface area contributed by atoms with Gasteiger partial charge in [0, 0.05) is 80.1 Å². The molecular weight excluding hydrogens is 2090 g/mol. The van der Waals surface area contributed by atoms with Gasteiger partial charge in [-0.15, -0.1) is 0 Å². The fourth-order valence-electron chi connectivity index (χ4n) is 8.03. The molecule has 1 saturated carbocycles. The highest BCUT2D eigenvalue weighted by molar-refractivity contribution is 5.84. The van der Waals surface area contributed by atoms with Gasteiger partial charge in [0.05, 0.1) is 168 Å². The molecule has 1 aliphatic carbocycles. The number of halogens is 23. The van der Waals surface area contributed by atoms with Gasteiger partial charge in [-0.3, -0.25) is 33.6 Å². The average molecular weight is 2230 g/mol. The van der Waals surface area contributed by atoms with E-state index in [0.29, 0.717) is 142 Å². The van der Waals surface area contributed by atoms with Crippen LogP contribution >= 0.6 is 0 Å². The van der Waals surface area contributed by atoms with Crippen LogP contribution in [0.15, 0.2) is 0 Å². The zero-order valence-corrected chi connectivity index (χ0v) is 85.2. The Kier molecular flexibility index (Phi) is 88.2. The molecule has 41 nitrogen and oxygen atoms in total. The molecule has 0 spiro atoms. The van der Waals surface area contributed by atoms with Gasteiger partial charge in [-0.25, -0.2) is 59.9 Å². The van der Waals surface area contributed by atoms with E-state index >= 15 is 0 Å². The molecule has 147 heavy (non-hydrogen) atoms. The van der Waals surface area contributed by atoms with E-state index < -0.39 is 233 Å². The van der Waals surface area contributed by atoms with Crippen LogP contribution in [0.2, 0.25) is 0 Å². The molecule has 5 unspecified atom stereocenters. The fraction of sp³-hybridized carbons (Fsp3) is 0.831. The Bertz CT molecular complexity index is 3540. The van der Waals surface area contributed by atoms with Crippen molar-refractivity contribution in [2.24, 2.45) is 5.92 Å². The van der Waals surface area contributed by atoms with Gasteiger partial charge in [0.2, 0.25) is 17.8 Å². The summed E-state index contributed by atoms with van der Waals surface area (Å²) in [6.45, 7) is 13.5. The second-order valence-electron chi connectivity index (χ2n) is 28.3. The van der Waals surface area contributed by atoms with Crippen LogP contribution in [-0.4, -0.2) is 335 Å². The van der Waals surface area contributed by atoms with E-state index in [2.05, 4.69) is 114 Å². The molecule has 874 valence electrons.